The summed E-state index contributed by atoms with van der Waals surface area (Å²) in [5.74, 6) is 0.792. The lowest BCUT2D eigenvalue weighted by molar-refractivity contribution is 0.161. The summed E-state index contributed by atoms with van der Waals surface area (Å²) >= 11 is 3.46. The molecule has 3 nitrogen and oxygen atoms in total. The van der Waals surface area contributed by atoms with Crippen LogP contribution in [0, 0.1) is 0 Å². The molecule has 16 heavy (non-hydrogen) atoms. The number of fused-ring (bicyclic) bond motifs is 1. The van der Waals surface area contributed by atoms with E-state index in [0.717, 1.165) is 35.4 Å². The molecular formula is C12H13BrN2O. The molecule has 0 aromatic heterocycles. The van der Waals surface area contributed by atoms with Crippen molar-refractivity contribution in [3.63, 3.8) is 0 Å². The van der Waals surface area contributed by atoms with Crippen molar-refractivity contribution in [1.82, 2.24) is 5.32 Å². The summed E-state index contributed by atoms with van der Waals surface area (Å²) in [5, 5.41) is 3.34. The normalized spacial score (nSPS) is 28.2. The number of ether oxygens (including phenoxy) is 1. The van der Waals surface area contributed by atoms with Crippen molar-refractivity contribution in [2.75, 3.05) is 13.1 Å². The van der Waals surface area contributed by atoms with Gasteiger partial charge in [-0.3, -0.25) is 0 Å². The molecule has 2 atom stereocenters. The Hall–Kier alpha value is -0.870. The summed E-state index contributed by atoms with van der Waals surface area (Å²) in [6.45, 7) is 1.96. The van der Waals surface area contributed by atoms with Crippen LogP contribution in [-0.4, -0.2) is 31.1 Å². The Labute approximate surface area is 103 Å². The number of nitrogens with zero attached hydrogens (tertiary/aromatic N) is 1. The summed E-state index contributed by atoms with van der Waals surface area (Å²) in [6.07, 6.45) is 1.32. The molecule has 0 saturated carbocycles. The highest BCUT2D eigenvalue weighted by atomic mass is 79.9. The molecule has 0 aliphatic carbocycles. The molecule has 3 rings (SSSR count). The monoisotopic (exact) mass is 280 g/mol. The van der Waals surface area contributed by atoms with Gasteiger partial charge in [-0.15, -0.1) is 0 Å². The zero-order chi connectivity index (χ0) is 11.0. The Balaban J connectivity index is 1.86. The van der Waals surface area contributed by atoms with Gasteiger partial charge in [0.2, 0.25) is 5.90 Å². The molecule has 0 amide bonds. The van der Waals surface area contributed by atoms with Gasteiger partial charge in [0, 0.05) is 16.6 Å². The molecule has 0 spiro atoms. The maximum atomic E-state index is 5.90. The molecule has 0 bridgehead atoms. The van der Waals surface area contributed by atoms with E-state index in [1.165, 1.54) is 0 Å². The first kappa shape index (κ1) is 10.3. The second kappa shape index (κ2) is 4.18. The minimum absolute atomic E-state index is 0.273. The molecular weight excluding hydrogens is 268 g/mol. The topological polar surface area (TPSA) is 33.6 Å². The summed E-state index contributed by atoms with van der Waals surface area (Å²) in [7, 11) is 0. The number of hydrogen-bond acceptors (Lipinski definition) is 3. The lowest BCUT2D eigenvalue weighted by atomic mass is 10.1. The number of nitrogens with one attached hydrogen (secondary N) is 1. The van der Waals surface area contributed by atoms with E-state index in [9.17, 15) is 0 Å². The summed E-state index contributed by atoms with van der Waals surface area (Å²) in [6, 6.07) is 8.39. The Morgan fingerprint density at radius 1 is 1.44 bits per heavy atom. The van der Waals surface area contributed by atoms with Gasteiger partial charge < -0.3 is 10.1 Å². The molecule has 4 heteroatoms. The van der Waals surface area contributed by atoms with Crippen molar-refractivity contribution in [2.45, 2.75) is 18.6 Å². The zero-order valence-electron chi connectivity index (χ0n) is 8.82. The van der Waals surface area contributed by atoms with Crippen LogP contribution in [0.15, 0.2) is 33.7 Å². The molecule has 1 saturated heterocycles. The number of rotatable bonds is 1. The van der Waals surface area contributed by atoms with E-state index in [1.54, 1.807) is 0 Å². The van der Waals surface area contributed by atoms with Crippen molar-refractivity contribution in [3.8, 4) is 0 Å². The van der Waals surface area contributed by atoms with Crippen LogP contribution in [0.5, 0.6) is 0 Å². The van der Waals surface area contributed by atoms with Crippen molar-refractivity contribution < 1.29 is 4.74 Å². The highest BCUT2D eigenvalue weighted by Crippen LogP contribution is 2.23. The standard InChI is InChI=1S/C12H13BrN2O/c13-9-3-1-2-8(6-9)12-15-10-7-14-5-4-11(10)16-12/h1-3,6,10-11,14H,4-5,7H2. The summed E-state index contributed by atoms with van der Waals surface area (Å²) in [5.41, 5.74) is 1.06. The molecule has 2 heterocycles. The van der Waals surface area contributed by atoms with E-state index < -0.39 is 0 Å². The third-order valence-electron chi connectivity index (χ3n) is 3.01. The molecule has 2 aliphatic rings. The Morgan fingerprint density at radius 2 is 2.38 bits per heavy atom. The Bertz CT molecular complexity index is 433. The van der Waals surface area contributed by atoms with E-state index in [-0.39, 0.29) is 6.10 Å². The second-order valence-electron chi connectivity index (χ2n) is 4.16. The van der Waals surface area contributed by atoms with Gasteiger partial charge in [-0.25, -0.2) is 4.99 Å². The summed E-state index contributed by atoms with van der Waals surface area (Å²) < 4.78 is 6.96. The van der Waals surface area contributed by atoms with Crippen LogP contribution in [0.1, 0.15) is 12.0 Å². The maximum Gasteiger partial charge on any atom is 0.216 e. The van der Waals surface area contributed by atoms with Crippen molar-refractivity contribution in [3.05, 3.63) is 34.3 Å². The van der Waals surface area contributed by atoms with E-state index in [0.29, 0.717) is 6.04 Å². The minimum Gasteiger partial charge on any atom is -0.472 e. The van der Waals surface area contributed by atoms with Crippen LogP contribution in [-0.2, 0) is 4.74 Å². The average Bonchev–Trinajstić information content (AvgIpc) is 2.72. The van der Waals surface area contributed by atoms with Gasteiger partial charge in [0.25, 0.3) is 0 Å². The smallest absolute Gasteiger partial charge is 0.216 e. The summed E-state index contributed by atoms with van der Waals surface area (Å²) in [4.78, 5) is 4.63. The lowest BCUT2D eigenvalue weighted by Crippen LogP contribution is -2.41. The zero-order valence-corrected chi connectivity index (χ0v) is 10.4. The van der Waals surface area contributed by atoms with E-state index in [2.05, 4.69) is 26.2 Å². The van der Waals surface area contributed by atoms with Gasteiger partial charge in [-0.2, -0.15) is 0 Å². The van der Waals surface area contributed by atoms with Gasteiger partial charge in [0.05, 0.1) is 0 Å². The molecule has 1 aromatic rings. The molecule has 1 aromatic carbocycles. The fourth-order valence-electron chi connectivity index (χ4n) is 2.17. The first-order valence-corrected chi connectivity index (χ1v) is 6.33. The predicted molar refractivity (Wildman–Crippen MR) is 66.8 cm³/mol. The van der Waals surface area contributed by atoms with Crippen molar-refractivity contribution in [1.29, 1.82) is 0 Å². The average molecular weight is 281 g/mol. The second-order valence-corrected chi connectivity index (χ2v) is 5.08. The molecule has 0 radical (unpaired) electrons. The predicted octanol–water partition coefficient (Wildman–Crippen LogP) is 1.96. The first-order chi connectivity index (χ1) is 7.83. The molecule has 1 fully saturated rings. The minimum atomic E-state index is 0.273. The molecule has 84 valence electrons. The van der Waals surface area contributed by atoms with Gasteiger partial charge >= 0.3 is 0 Å². The maximum absolute atomic E-state index is 5.90. The largest absolute Gasteiger partial charge is 0.472 e. The first-order valence-electron chi connectivity index (χ1n) is 5.54. The third kappa shape index (κ3) is 1.87. The van der Waals surface area contributed by atoms with Gasteiger partial charge in [0.1, 0.15) is 12.1 Å². The van der Waals surface area contributed by atoms with Gasteiger partial charge in [-0.1, -0.05) is 22.0 Å². The third-order valence-corrected chi connectivity index (χ3v) is 3.50. The van der Waals surface area contributed by atoms with Crippen molar-refractivity contribution >= 4 is 21.8 Å². The van der Waals surface area contributed by atoms with Crippen LogP contribution in [0.25, 0.3) is 0 Å². The fourth-order valence-corrected chi connectivity index (χ4v) is 2.57. The number of hydrogen-bond donors (Lipinski definition) is 1. The Kier molecular flexibility index (Phi) is 2.69. The molecule has 1 N–H and O–H groups in total. The number of benzene rings is 1. The lowest BCUT2D eigenvalue weighted by Gasteiger charge is -2.23. The van der Waals surface area contributed by atoms with Crippen LogP contribution in [0.4, 0.5) is 0 Å². The van der Waals surface area contributed by atoms with Crippen LogP contribution >= 0.6 is 15.9 Å². The SMILES string of the molecule is Brc1cccc(C2=NC3CNCCC3O2)c1. The van der Waals surface area contributed by atoms with Crippen LogP contribution < -0.4 is 5.32 Å². The van der Waals surface area contributed by atoms with E-state index >= 15 is 0 Å². The van der Waals surface area contributed by atoms with E-state index in [1.807, 2.05) is 24.3 Å². The number of halogens is 1. The highest BCUT2D eigenvalue weighted by Gasteiger charge is 2.33. The molecule has 2 aliphatic heterocycles. The fraction of sp³-hybridized carbons (Fsp3) is 0.417. The van der Waals surface area contributed by atoms with Gasteiger partial charge in [0.15, 0.2) is 0 Å². The van der Waals surface area contributed by atoms with E-state index in [4.69, 9.17) is 4.74 Å². The molecule has 2 unspecified atom stereocenters. The van der Waals surface area contributed by atoms with Crippen LogP contribution in [0.3, 0.4) is 0 Å². The van der Waals surface area contributed by atoms with Crippen LogP contribution in [0.2, 0.25) is 0 Å². The number of piperidine rings is 1. The highest BCUT2D eigenvalue weighted by molar-refractivity contribution is 9.10. The van der Waals surface area contributed by atoms with Crippen molar-refractivity contribution in [2.24, 2.45) is 4.99 Å². The van der Waals surface area contributed by atoms with Gasteiger partial charge in [-0.05, 0) is 31.2 Å². The number of aliphatic imine (C=N–C) groups is 1. The quantitative estimate of drug-likeness (QED) is 0.853. The Morgan fingerprint density at radius 3 is 3.19 bits per heavy atom.